The number of aliphatic hydroxyl groups excluding tert-OH is 1. The van der Waals surface area contributed by atoms with Crippen LogP contribution in [0.15, 0.2) is 30.5 Å². The van der Waals surface area contributed by atoms with Crippen LogP contribution in [-0.2, 0) is 6.42 Å². The van der Waals surface area contributed by atoms with Crippen LogP contribution in [0.4, 0.5) is 5.00 Å². The molecule has 0 aliphatic rings. The average Bonchev–Trinajstić information content (AvgIpc) is 3.10. The lowest BCUT2D eigenvalue weighted by atomic mass is 10.1. The average molecular weight is 333 g/mol. The third-order valence-electron chi connectivity index (χ3n) is 3.46. The number of halogens is 1. The summed E-state index contributed by atoms with van der Waals surface area (Å²) < 4.78 is 3.96. The van der Waals surface area contributed by atoms with E-state index in [9.17, 15) is 5.11 Å². The van der Waals surface area contributed by atoms with Gasteiger partial charge < -0.3 is 15.4 Å². The van der Waals surface area contributed by atoms with Crippen molar-refractivity contribution in [3.05, 3.63) is 46.7 Å². The summed E-state index contributed by atoms with van der Waals surface area (Å²) >= 11 is 6.99. The van der Waals surface area contributed by atoms with Crippen molar-refractivity contribution in [2.45, 2.75) is 12.5 Å². The van der Waals surface area contributed by atoms with Gasteiger partial charge in [-0.1, -0.05) is 29.8 Å². The molecule has 7 heteroatoms. The first-order valence-electron chi connectivity index (χ1n) is 6.70. The van der Waals surface area contributed by atoms with Gasteiger partial charge in [0.15, 0.2) is 5.15 Å². The normalized spacial score (nSPS) is 12.2. The number of benzene rings is 1. The zero-order valence-corrected chi connectivity index (χ0v) is 13.1. The molecule has 0 aliphatic carbocycles. The Morgan fingerprint density at radius 2 is 2.27 bits per heavy atom. The lowest BCUT2D eigenvalue weighted by Crippen LogP contribution is -2.26. The maximum absolute atomic E-state index is 9.62. The first-order valence-corrected chi connectivity index (χ1v) is 7.85. The Kier molecular flexibility index (Phi) is 4.29. The van der Waals surface area contributed by atoms with Gasteiger partial charge in [-0.05, 0) is 29.6 Å². The smallest absolute Gasteiger partial charge is 0.162 e. The van der Waals surface area contributed by atoms with E-state index in [1.54, 1.807) is 0 Å². The Morgan fingerprint density at radius 3 is 3.05 bits per heavy atom. The van der Waals surface area contributed by atoms with Crippen molar-refractivity contribution in [3.63, 3.8) is 0 Å². The van der Waals surface area contributed by atoms with Crippen molar-refractivity contribution in [1.82, 2.24) is 9.36 Å². The molecule has 0 aliphatic heterocycles. The van der Waals surface area contributed by atoms with E-state index >= 15 is 0 Å². The summed E-state index contributed by atoms with van der Waals surface area (Å²) in [6, 6.07) is 9.82. The monoisotopic (exact) mass is 332 g/mol. The van der Waals surface area contributed by atoms with E-state index in [4.69, 9.17) is 16.9 Å². The second-order valence-electron chi connectivity index (χ2n) is 4.88. The van der Waals surface area contributed by atoms with E-state index in [1.807, 2.05) is 36.5 Å². The third-order valence-corrected chi connectivity index (χ3v) is 4.61. The molecule has 0 spiro atoms. The van der Waals surface area contributed by atoms with E-state index in [0.29, 0.717) is 17.0 Å². The molecule has 5 nitrogen and oxygen atoms in total. The van der Waals surface area contributed by atoms with Crippen molar-refractivity contribution < 1.29 is 5.11 Å². The van der Waals surface area contributed by atoms with Crippen molar-refractivity contribution in [3.8, 4) is 6.07 Å². The summed E-state index contributed by atoms with van der Waals surface area (Å²) in [7, 11) is 0. The molecule has 0 saturated heterocycles. The highest BCUT2D eigenvalue weighted by Gasteiger charge is 2.17. The molecule has 2 aromatic heterocycles. The fraction of sp³-hybridized carbons (Fsp3) is 0.200. The van der Waals surface area contributed by atoms with Crippen molar-refractivity contribution in [2.75, 3.05) is 11.9 Å². The van der Waals surface area contributed by atoms with Gasteiger partial charge >= 0.3 is 0 Å². The van der Waals surface area contributed by atoms with E-state index < -0.39 is 0 Å². The van der Waals surface area contributed by atoms with Gasteiger partial charge in [0.1, 0.15) is 16.6 Å². The quantitative estimate of drug-likeness (QED) is 0.670. The van der Waals surface area contributed by atoms with E-state index in [-0.39, 0.29) is 17.8 Å². The molecule has 3 aromatic rings. The number of aliphatic hydroxyl groups is 1. The van der Waals surface area contributed by atoms with Gasteiger partial charge in [0.25, 0.3) is 0 Å². The first kappa shape index (κ1) is 14.9. The summed E-state index contributed by atoms with van der Waals surface area (Å²) in [5.74, 6) is 0. The predicted molar refractivity (Wildman–Crippen MR) is 88.3 cm³/mol. The number of H-pyrrole nitrogens is 1. The number of fused-ring (bicyclic) bond motifs is 1. The molecule has 0 saturated carbocycles. The molecule has 3 N–H and O–H groups in total. The minimum atomic E-state index is -0.220. The Balaban J connectivity index is 1.82. The molecule has 0 fully saturated rings. The molecule has 112 valence electrons. The number of nitriles is 1. The molecular formula is C15H13ClN4OS. The summed E-state index contributed by atoms with van der Waals surface area (Å²) in [6.45, 7) is -0.0557. The third kappa shape index (κ3) is 2.79. The predicted octanol–water partition coefficient (Wildman–Crippen LogP) is 3.16. The highest BCUT2D eigenvalue weighted by atomic mass is 35.5. The molecule has 0 amide bonds. The summed E-state index contributed by atoms with van der Waals surface area (Å²) in [6.07, 6.45) is 2.57. The van der Waals surface area contributed by atoms with E-state index in [1.165, 1.54) is 0 Å². The Morgan fingerprint density at radius 1 is 1.45 bits per heavy atom. The standard InChI is InChI=1S/C15H13ClN4OS/c16-14-12(6-17)15(22-20-14)19-10(8-21)5-9-7-18-13-4-2-1-3-11(9)13/h1-4,7,10,18-19,21H,5,8H2. The topological polar surface area (TPSA) is 84.7 Å². The lowest BCUT2D eigenvalue weighted by molar-refractivity contribution is 0.274. The van der Waals surface area contributed by atoms with Crippen LogP contribution in [0.1, 0.15) is 11.1 Å². The van der Waals surface area contributed by atoms with Crippen molar-refractivity contribution in [1.29, 1.82) is 5.26 Å². The number of anilines is 1. The zero-order valence-electron chi connectivity index (χ0n) is 11.5. The minimum absolute atomic E-state index is 0.0557. The first-order chi connectivity index (χ1) is 10.7. The maximum atomic E-state index is 9.62. The molecule has 1 atom stereocenters. The second-order valence-corrected chi connectivity index (χ2v) is 6.01. The van der Waals surface area contributed by atoms with Crippen LogP contribution in [0.3, 0.4) is 0 Å². The summed E-state index contributed by atoms with van der Waals surface area (Å²) in [4.78, 5) is 3.22. The van der Waals surface area contributed by atoms with Crippen LogP contribution < -0.4 is 5.32 Å². The molecular weight excluding hydrogens is 320 g/mol. The van der Waals surface area contributed by atoms with Crippen LogP contribution in [-0.4, -0.2) is 27.1 Å². The molecule has 2 heterocycles. The van der Waals surface area contributed by atoms with Gasteiger partial charge in [-0.25, -0.2) is 0 Å². The molecule has 1 aromatic carbocycles. The van der Waals surface area contributed by atoms with Crippen LogP contribution in [0.5, 0.6) is 0 Å². The summed E-state index contributed by atoms with van der Waals surface area (Å²) in [5.41, 5.74) is 2.49. The van der Waals surface area contributed by atoms with Crippen LogP contribution in [0, 0.1) is 11.3 Å². The maximum Gasteiger partial charge on any atom is 0.162 e. The SMILES string of the molecule is N#Cc1c(Cl)nsc1NC(CO)Cc1c[nH]c2ccccc12. The zero-order chi connectivity index (χ0) is 15.5. The highest BCUT2D eigenvalue weighted by Crippen LogP contribution is 2.29. The Labute approximate surface area is 136 Å². The molecule has 0 radical (unpaired) electrons. The second kappa shape index (κ2) is 6.36. The van der Waals surface area contributed by atoms with Crippen LogP contribution >= 0.6 is 23.1 Å². The number of para-hydroxylation sites is 1. The summed E-state index contributed by atoms with van der Waals surface area (Å²) in [5, 5.41) is 23.8. The minimum Gasteiger partial charge on any atom is -0.394 e. The number of hydrogen-bond donors (Lipinski definition) is 3. The highest BCUT2D eigenvalue weighted by molar-refractivity contribution is 7.10. The molecule has 1 unspecified atom stereocenters. The van der Waals surface area contributed by atoms with Gasteiger partial charge in [0.05, 0.1) is 12.6 Å². The van der Waals surface area contributed by atoms with Gasteiger partial charge in [-0.2, -0.15) is 9.64 Å². The number of rotatable bonds is 5. The lowest BCUT2D eigenvalue weighted by Gasteiger charge is -2.15. The van der Waals surface area contributed by atoms with Crippen LogP contribution in [0.25, 0.3) is 10.9 Å². The molecule has 3 rings (SSSR count). The van der Waals surface area contributed by atoms with E-state index in [0.717, 1.165) is 28.0 Å². The number of aromatic nitrogens is 2. The fourth-order valence-electron chi connectivity index (χ4n) is 2.38. The molecule has 0 bridgehead atoms. The van der Waals surface area contributed by atoms with Crippen molar-refractivity contribution in [2.24, 2.45) is 0 Å². The van der Waals surface area contributed by atoms with Gasteiger partial charge in [-0.3, -0.25) is 0 Å². The van der Waals surface area contributed by atoms with Gasteiger partial charge in [-0.15, -0.1) is 0 Å². The number of aromatic amines is 1. The Hall–Kier alpha value is -2.07. The van der Waals surface area contributed by atoms with Gasteiger partial charge in [0.2, 0.25) is 0 Å². The van der Waals surface area contributed by atoms with Crippen LogP contribution in [0.2, 0.25) is 5.15 Å². The number of hydrogen-bond acceptors (Lipinski definition) is 5. The largest absolute Gasteiger partial charge is 0.394 e. The molecule has 22 heavy (non-hydrogen) atoms. The number of nitrogens with zero attached hydrogens (tertiary/aromatic N) is 2. The number of nitrogens with one attached hydrogen (secondary N) is 2. The van der Waals surface area contributed by atoms with Crippen molar-refractivity contribution >= 4 is 39.0 Å². The Bertz CT molecular complexity index is 836. The van der Waals surface area contributed by atoms with Gasteiger partial charge in [0, 0.05) is 17.1 Å². The van der Waals surface area contributed by atoms with E-state index in [2.05, 4.69) is 14.7 Å². The fourth-order valence-corrected chi connectivity index (χ4v) is 3.39.